The zero-order valence-corrected chi connectivity index (χ0v) is 11.3. The Hall–Kier alpha value is -2.48. The van der Waals surface area contributed by atoms with Gasteiger partial charge >= 0.3 is 5.97 Å². The number of anilines is 1. The molecule has 7 nitrogen and oxygen atoms in total. The van der Waals surface area contributed by atoms with Crippen LogP contribution in [0.4, 0.5) is 5.69 Å². The average Bonchev–Trinajstić information content (AvgIpc) is 2.88. The van der Waals surface area contributed by atoms with Crippen molar-refractivity contribution in [3.05, 3.63) is 40.1 Å². The van der Waals surface area contributed by atoms with Crippen LogP contribution in [0.3, 0.4) is 0 Å². The molecule has 104 valence electrons. The van der Waals surface area contributed by atoms with Gasteiger partial charge in [0.05, 0.1) is 11.7 Å². The number of carboxylic acid groups (broad SMARTS) is 1. The number of nitrogen functional groups attached to an aromatic ring is 1. The molecule has 1 atom stereocenters. The molecule has 0 radical (unpaired) electrons. The van der Waals surface area contributed by atoms with Crippen LogP contribution in [0.25, 0.3) is 0 Å². The van der Waals surface area contributed by atoms with Gasteiger partial charge in [0, 0.05) is 11.6 Å². The van der Waals surface area contributed by atoms with Crippen LogP contribution in [0, 0.1) is 0 Å². The lowest BCUT2D eigenvalue weighted by molar-refractivity contribution is 0.0691. The van der Waals surface area contributed by atoms with Gasteiger partial charge in [-0.2, -0.15) is 0 Å². The van der Waals surface area contributed by atoms with Crippen molar-refractivity contribution in [3.63, 3.8) is 0 Å². The molecule has 0 bridgehead atoms. The Labute approximate surface area is 118 Å². The van der Waals surface area contributed by atoms with Crippen LogP contribution in [0.5, 0.6) is 0 Å². The Morgan fingerprint density at radius 3 is 2.85 bits per heavy atom. The molecule has 4 N–H and O–H groups in total. The van der Waals surface area contributed by atoms with Gasteiger partial charge in [0.15, 0.2) is 11.4 Å². The molecule has 0 aliphatic heterocycles. The first-order valence-corrected chi connectivity index (χ1v) is 6.57. The number of nitrogens with one attached hydrogen (secondary N) is 1. The number of pyridine rings is 1. The Morgan fingerprint density at radius 2 is 2.25 bits per heavy atom. The lowest BCUT2D eigenvalue weighted by atomic mass is 10.2. The van der Waals surface area contributed by atoms with E-state index in [0.717, 1.165) is 0 Å². The SMILES string of the molecule is CC(NC(=O)c1ncccc1N)c1nc(C(=O)O)cs1. The highest BCUT2D eigenvalue weighted by Crippen LogP contribution is 2.19. The predicted octanol–water partition coefficient (Wildman–Crippen LogP) is 1.31. The van der Waals surface area contributed by atoms with Gasteiger partial charge in [-0.05, 0) is 19.1 Å². The minimum atomic E-state index is -1.10. The summed E-state index contributed by atoms with van der Waals surface area (Å²) in [4.78, 5) is 30.6. The van der Waals surface area contributed by atoms with E-state index < -0.39 is 17.9 Å². The van der Waals surface area contributed by atoms with Gasteiger partial charge in [0.2, 0.25) is 0 Å². The number of nitrogens with two attached hydrogens (primary N) is 1. The highest BCUT2D eigenvalue weighted by Gasteiger charge is 2.18. The summed E-state index contributed by atoms with van der Waals surface area (Å²) < 4.78 is 0. The molecule has 2 heterocycles. The van der Waals surface area contributed by atoms with E-state index in [1.54, 1.807) is 19.1 Å². The van der Waals surface area contributed by atoms with Crippen LogP contribution in [-0.4, -0.2) is 27.0 Å². The second-order valence-corrected chi connectivity index (χ2v) is 4.90. The number of carbonyl (C=O) groups is 2. The Bertz CT molecular complexity index is 656. The molecule has 0 fully saturated rings. The standard InChI is InChI=1S/C12H12N4O3S/c1-6(11-16-8(5-20-11)12(18)19)15-10(17)9-7(13)3-2-4-14-9/h2-6H,13H2,1H3,(H,15,17)(H,18,19). The van der Waals surface area contributed by atoms with Crippen LogP contribution in [0.2, 0.25) is 0 Å². The molecule has 20 heavy (non-hydrogen) atoms. The molecule has 0 aromatic carbocycles. The van der Waals surface area contributed by atoms with Crippen molar-refractivity contribution in [1.29, 1.82) is 0 Å². The number of amides is 1. The summed E-state index contributed by atoms with van der Waals surface area (Å²) >= 11 is 1.17. The normalized spacial score (nSPS) is 11.8. The minimum Gasteiger partial charge on any atom is -0.476 e. The van der Waals surface area contributed by atoms with E-state index in [-0.39, 0.29) is 17.1 Å². The third-order valence-electron chi connectivity index (χ3n) is 2.51. The van der Waals surface area contributed by atoms with Crippen molar-refractivity contribution >= 4 is 28.9 Å². The van der Waals surface area contributed by atoms with Gasteiger partial charge in [0.1, 0.15) is 5.01 Å². The average molecular weight is 292 g/mol. The highest BCUT2D eigenvalue weighted by atomic mass is 32.1. The van der Waals surface area contributed by atoms with Crippen molar-refractivity contribution in [3.8, 4) is 0 Å². The lowest BCUT2D eigenvalue weighted by Gasteiger charge is -2.11. The zero-order valence-electron chi connectivity index (χ0n) is 10.5. The van der Waals surface area contributed by atoms with E-state index in [4.69, 9.17) is 10.8 Å². The quantitative estimate of drug-likeness (QED) is 0.781. The number of nitrogens with zero attached hydrogens (tertiary/aromatic N) is 2. The zero-order chi connectivity index (χ0) is 14.7. The van der Waals surface area contributed by atoms with Crippen molar-refractivity contribution in [1.82, 2.24) is 15.3 Å². The van der Waals surface area contributed by atoms with Crippen molar-refractivity contribution in [2.45, 2.75) is 13.0 Å². The molecule has 0 spiro atoms. The number of hydrogen-bond acceptors (Lipinski definition) is 6. The Morgan fingerprint density at radius 1 is 1.50 bits per heavy atom. The van der Waals surface area contributed by atoms with Gasteiger partial charge in [-0.3, -0.25) is 4.79 Å². The summed E-state index contributed by atoms with van der Waals surface area (Å²) in [6.45, 7) is 1.71. The van der Waals surface area contributed by atoms with Gasteiger partial charge < -0.3 is 16.2 Å². The van der Waals surface area contributed by atoms with E-state index in [9.17, 15) is 9.59 Å². The molecule has 0 saturated heterocycles. The molecule has 1 amide bonds. The van der Waals surface area contributed by atoms with Crippen LogP contribution >= 0.6 is 11.3 Å². The monoisotopic (exact) mass is 292 g/mol. The topological polar surface area (TPSA) is 118 Å². The molecule has 1 unspecified atom stereocenters. The molecule has 8 heteroatoms. The predicted molar refractivity (Wildman–Crippen MR) is 73.6 cm³/mol. The number of thiazole rings is 1. The molecule has 2 rings (SSSR count). The molecular formula is C12H12N4O3S. The first kappa shape index (κ1) is 13.9. The van der Waals surface area contributed by atoms with Crippen LogP contribution in [0.15, 0.2) is 23.7 Å². The number of carbonyl (C=O) groups excluding carboxylic acids is 1. The Kier molecular flexibility index (Phi) is 3.94. The van der Waals surface area contributed by atoms with Crippen LogP contribution in [0.1, 0.15) is 39.0 Å². The van der Waals surface area contributed by atoms with Gasteiger partial charge in [-0.15, -0.1) is 11.3 Å². The number of rotatable bonds is 4. The van der Waals surface area contributed by atoms with Crippen molar-refractivity contribution in [2.24, 2.45) is 0 Å². The molecule has 0 saturated carbocycles. The first-order valence-electron chi connectivity index (χ1n) is 5.69. The summed E-state index contributed by atoms with van der Waals surface area (Å²) in [5.74, 6) is -1.53. The number of carboxylic acids is 1. The van der Waals surface area contributed by atoms with Gasteiger partial charge in [0.25, 0.3) is 5.91 Å². The first-order chi connectivity index (χ1) is 9.49. The fourth-order valence-corrected chi connectivity index (χ4v) is 2.32. The summed E-state index contributed by atoms with van der Waals surface area (Å²) in [6, 6.07) is 2.79. The maximum atomic E-state index is 12.0. The number of aromatic carboxylic acids is 1. The summed E-state index contributed by atoms with van der Waals surface area (Å²) in [5, 5.41) is 13.4. The van der Waals surface area contributed by atoms with Gasteiger partial charge in [-0.25, -0.2) is 14.8 Å². The Balaban J connectivity index is 2.11. The van der Waals surface area contributed by atoms with Gasteiger partial charge in [-0.1, -0.05) is 0 Å². The second-order valence-electron chi connectivity index (χ2n) is 4.01. The molecule has 2 aromatic rings. The fraction of sp³-hybridized carbons (Fsp3) is 0.167. The van der Waals surface area contributed by atoms with Crippen LogP contribution in [-0.2, 0) is 0 Å². The molecule has 2 aromatic heterocycles. The van der Waals surface area contributed by atoms with Crippen molar-refractivity contribution in [2.75, 3.05) is 5.73 Å². The van der Waals surface area contributed by atoms with Crippen LogP contribution < -0.4 is 11.1 Å². The van der Waals surface area contributed by atoms with E-state index in [1.165, 1.54) is 22.9 Å². The number of aromatic nitrogens is 2. The van der Waals surface area contributed by atoms with E-state index in [1.807, 2.05) is 0 Å². The largest absolute Gasteiger partial charge is 0.476 e. The second kappa shape index (κ2) is 5.66. The molecule has 0 aliphatic carbocycles. The summed E-state index contributed by atoms with van der Waals surface area (Å²) in [7, 11) is 0. The number of hydrogen-bond donors (Lipinski definition) is 3. The molecule has 0 aliphatic rings. The smallest absolute Gasteiger partial charge is 0.355 e. The maximum Gasteiger partial charge on any atom is 0.355 e. The highest BCUT2D eigenvalue weighted by molar-refractivity contribution is 7.09. The van der Waals surface area contributed by atoms with Crippen molar-refractivity contribution < 1.29 is 14.7 Å². The third kappa shape index (κ3) is 2.91. The maximum absolute atomic E-state index is 12.0. The third-order valence-corrected chi connectivity index (χ3v) is 3.54. The van der Waals surface area contributed by atoms with E-state index >= 15 is 0 Å². The summed E-state index contributed by atoms with van der Waals surface area (Å²) in [6.07, 6.45) is 1.47. The summed E-state index contributed by atoms with van der Waals surface area (Å²) in [5.41, 5.74) is 6.04. The molecular weight excluding hydrogens is 280 g/mol. The minimum absolute atomic E-state index is 0.0385. The fourth-order valence-electron chi connectivity index (χ4n) is 1.52. The van der Waals surface area contributed by atoms with E-state index in [0.29, 0.717) is 5.01 Å². The van der Waals surface area contributed by atoms with E-state index in [2.05, 4.69) is 15.3 Å². The lowest BCUT2D eigenvalue weighted by Crippen LogP contribution is -2.28.